The van der Waals surface area contributed by atoms with Gasteiger partial charge in [0, 0.05) is 23.0 Å². The highest BCUT2D eigenvalue weighted by Gasteiger charge is 2.20. The summed E-state index contributed by atoms with van der Waals surface area (Å²) >= 11 is 5.91. The van der Waals surface area contributed by atoms with Crippen LogP contribution in [0.3, 0.4) is 0 Å². The van der Waals surface area contributed by atoms with E-state index in [1.54, 1.807) is 24.4 Å². The van der Waals surface area contributed by atoms with E-state index in [0.717, 1.165) is 5.56 Å². The number of aliphatic carboxylic acids is 1. The van der Waals surface area contributed by atoms with Crippen LogP contribution in [0.15, 0.2) is 36.7 Å². The van der Waals surface area contributed by atoms with E-state index in [4.69, 9.17) is 16.7 Å². The van der Waals surface area contributed by atoms with Crippen molar-refractivity contribution in [3.8, 4) is 0 Å². The Hall–Kier alpha value is -2.40. The van der Waals surface area contributed by atoms with E-state index in [0.29, 0.717) is 22.6 Å². The number of nitrogens with one attached hydrogen (secondary N) is 1. The minimum Gasteiger partial charge on any atom is -0.475 e. The van der Waals surface area contributed by atoms with E-state index in [1.807, 2.05) is 6.07 Å². The molecular formula is C15H12ClNO4. The Morgan fingerprint density at radius 3 is 2.62 bits per heavy atom. The first-order chi connectivity index (χ1) is 9.97. The molecule has 0 aliphatic heterocycles. The number of ketones is 2. The third-order valence-electron chi connectivity index (χ3n) is 2.97. The maximum absolute atomic E-state index is 12.0. The molecule has 0 amide bonds. The van der Waals surface area contributed by atoms with Crippen LogP contribution in [0.2, 0.25) is 5.02 Å². The Labute approximate surface area is 125 Å². The molecule has 0 bridgehead atoms. The predicted octanol–water partition coefficient (Wildman–Crippen LogP) is 2.49. The fourth-order valence-electron chi connectivity index (χ4n) is 1.99. The number of carbonyl (C=O) groups excluding carboxylic acids is 2. The fraction of sp³-hybridized carbons (Fsp3) is 0.133. The molecule has 0 aliphatic rings. The molecule has 108 valence electrons. The number of aromatic amines is 1. The van der Waals surface area contributed by atoms with Crippen molar-refractivity contribution in [3.05, 3.63) is 58.4 Å². The second kappa shape index (κ2) is 6.37. The zero-order valence-electron chi connectivity index (χ0n) is 10.9. The normalized spacial score (nSPS) is 10.3. The summed E-state index contributed by atoms with van der Waals surface area (Å²) in [7, 11) is 0. The van der Waals surface area contributed by atoms with Gasteiger partial charge < -0.3 is 10.1 Å². The molecule has 6 heteroatoms. The van der Waals surface area contributed by atoms with Gasteiger partial charge in [0.2, 0.25) is 5.78 Å². The van der Waals surface area contributed by atoms with Gasteiger partial charge in [0.05, 0.1) is 6.42 Å². The summed E-state index contributed by atoms with van der Waals surface area (Å²) in [6, 6.07) is 7.21. The van der Waals surface area contributed by atoms with Crippen molar-refractivity contribution < 1.29 is 19.5 Å². The number of carboxylic acids is 1. The first kappa shape index (κ1) is 15.0. The molecule has 0 aliphatic carbocycles. The van der Waals surface area contributed by atoms with E-state index >= 15 is 0 Å². The van der Waals surface area contributed by atoms with E-state index in [2.05, 4.69) is 4.98 Å². The van der Waals surface area contributed by atoms with Gasteiger partial charge in [-0.2, -0.15) is 0 Å². The summed E-state index contributed by atoms with van der Waals surface area (Å²) < 4.78 is 0. The summed E-state index contributed by atoms with van der Waals surface area (Å²) in [4.78, 5) is 36.4. The van der Waals surface area contributed by atoms with Crippen LogP contribution < -0.4 is 0 Å². The molecule has 2 N–H and O–H groups in total. The van der Waals surface area contributed by atoms with Crippen molar-refractivity contribution in [3.63, 3.8) is 0 Å². The van der Waals surface area contributed by atoms with E-state index in [9.17, 15) is 14.4 Å². The third-order valence-corrected chi connectivity index (χ3v) is 3.21. The second-order valence-electron chi connectivity index (χ2n) is 4.53. The Balaban J connectivity index is 2.17. The molecular weight excluding hydrogens is 294 g/mol. The maximum atomic E-state index is 12.0. The van der Waals surface area contributed by atoms with Gasteiger partial charge in [-0.05, 0) is 29.7 Å². The molecule has 1 aromatic heterocycles. The van der Waals surface area contributed by atoms with Crippen LogP contribution in [-0.2, 0) is 16.0 Å². The van der Waals surface area contributed by atoms with Gasteiger partial charge in [-0.3, -0.25) is 9.59 Å². The molecule has 2 aromatic rings. The van der Waals surface area contributed by atoms with Crippen LogP contribution in [0.25, 0.3) is 0 Å². The molecule has 21 heavy (non-hydrogen) atoms. The van der Waals surface area contributed by atoms with Gasteiger partial charge in [-0.1, -0.05) is 23.7 Å². The standard InChI is InChI=1S/C15H12ClNO4/c16-11-3-1-2-9(5-11)4-10-7-17-8-12(10)13(18)6-14(19)15(20)21/h1-3,5,7-8,17H,4,6H2,(H,20,21). The van der Waals surface area contributed by atoms with E-state index < -0.39 is 24.0 Å². The molecule has 2 rings (SSSR count). The molecule has 0 spiro atoms. The third kappa shape index (κ3) is 3.79. The quantitative estimate of drug-likeness (QED) is 0.487. The SMILES string of the molecule is O=C(O)C(=O)CC(=O)c1c[nH]cc1Cc1cccc(Cl)c1. The average molecular weight is 306 g/mol. The number of carboxylic acid groups (broad SMARTS) is 1. The van der Waals surface area contributed by atoms with Crippen LogP contribution in [0.1, 0.15) is 27.9 Å². The van der Waals surface area contributed by atoms with Crippen LogP contribution >= 0.6 is 11.6 Å². The number of carbonyl (C=O) groups is 3. The van der Waals surface area contributed by atoms with Gasteiger partial charge in [-0.25, -0.2) is 4.79 Å². The topological polar surface area (TPSA) is 87.2 Å². The largest absolute Gasteiger partial charge is 0.475 e. The maximum Gasteiger partial charge on any atom is 0.372 e. The number of benzene rings is 1. The molecule has 1 aromatic carbocycles. The lowest BCUT2D eigenvalue weighted by Crippen LogP contribution is -2.17. The molecule has 1 heterocycles. The van der Waals surface area contributed by atoms with Crippen molar-refractivity contribution in [2.75, 3.05) is 0 Å². The van der Waals surface area contributed by atoms with Crippen molar-refractivity contribution in [1.82, 2.24) is 4.98 Å². The molecule has 0 saturated heterocycles. The van der Waals surface area contributed by atoms with Gasteiger partial charge in [0.15, 0.2) is 5.78 Å². The number of hydrogen-bond acceptors (Lipinski definition) is 3. The van der Waals surface area contributed by atoms with Crippen molar-refractivity contribution in [2.45, 2.75) is 12.8 Å². The van der Waals surface area contributed by atoms with Gasteiger partial charge in [0.25, 0.3) is 0 Å². The number of H-pyrrole nitrogens is 1. The number of aromatic nitrogens is 1. The first-order valence-electron chi connectivity index (χ1n) is 6.17. The highest BCUT2D eigenvalue weighted by atomic mass is 35.5. The Bertz CT molecular complexity index is 705. The summed E-state index contributed by atoms with van der Waals surface area (Å²) in [5.41, 5.74) is 1.94. The van der Waals surface area contributed by atoms with E-state index in [1.165, 1.54) is 6.20 Å². The number of hydrogen-bond donors (Lipinski definition) is 2. The van der Waals surface area contributed by atoms with Gasteiger partial charge >= 0.3 is 5.97 Å². The fourth-order valence-corrected chi connectivity index (χ4v) is 2.20. The van der Waals surface area contributed by atoms with E-state index in [-0.39, 0.29) is 0 Å². The van der Waals surface area contributed by atoms with Gasteiger partial charge in [-0.15, -0.1) is 0 Å². The highest BCUT2D eigenvalue weighted by molar-refractivity contribution is 6.37. The van der Waals surface area contributed by atoms with Crippen LogP contribution in [0.4, 0.5) is 0 Å². The second-order valence-corrected chi connectivity index (χ2v) is 4.97. The summed E-state index contributed by atoms with van der Waals surface area (Å²) in [6.07, 6.45) is 2.94. The molecule has 5 nitrogen and oxygen atoms in total. The first-order valence-corrected chi connectivity index (χ1v) is 6.54. The lowest BCUT2D eigenvalue weighted by atomic mass is 9.99. The summed E-state index contributed by atoms with van der Waals surface area (Å²) in [5, 5.41) is 9.13. The van der Waals surface area contributed by atoms with Crippen molar-refractivity contribution in [1.29, 1.82) is 0 Å². The summed E-state index contributed by atoms with van der Waals surface area (Å²) in [5.74, 6) is -3.23. The van der Waals surface area contributed by atoms with Crippen LogP contribution in [0.5, 0.6) is 0 Å². The smallest absolute Gasteiger partial charge is 0.372 e. The molecule has 0 atom stereocenters. The zero-order valence-corrected chi connectivity index (χ0v) is 11.7. The van der Waals surface area contributed by atoms with Crippen LogP contribution in [0, 0.1) is 0 Å². The molecule has 0 unspecified atom stereocenters. The molecule has 0 fully saturated rings. The van der Waals surface area contributed by atoms with Crippen LogP contribution in [-0.4, -0.2) is 27.6 Å². The average Bonchev–Trinajstić information content (AvgIpc) is 2.86. The Kier molecular flexibility index (Phi) is 4.55. The van der Waals surface area contributed by atoms with Crippen molar-refractivity contribution in [2.24, 2.45) is 0 Å². The van der Waals surface area contributed by atoms with Gasteiger partial charge in [0.1, 0.15) is 0 Å². The lowest BCUT2D eigenvalue weighted by molar-refractivity contribution is -0.148. The van der Waals surface area contributed by atoms with Crippen molar-refractivity contribution >= 4 is 29.1 Å². The molecule has 0 saturated carbocycles. The predicted molar refractivity (Wildman–Crippen MR) is 76.6 cm³/mol. The minimum absolute atomic E-state index is 0.324. The Morgan fingerprint density at radius 1 is 1.19 bits per heavy atom. The highest BCUT2D eigenvalue weighted by Crippen LogP contribution is 2.18. The monoisotopic (exact) mass is 305 g/mol. The zero-order chi connectivity index (χ0) is 15.4. The number of rotatable bonds is 6. The molecule has 0 radical (unpaired) electrons. The minimum atomic E-state index is -1.60. The number of Topliss-reactive ketones (excluding diaryl/α,β-unsaturated/α-hetero) is 2. The lowest BCUT2D eigenvalue weighted by Gasteiger charge is -2.03. The number of halogens is 1. The summed E-state index contributed by atoms with van der Waals surface area (Å²) in [6.45, 7) is 0. The Morgan fingerprint density at radius 2 is 1.95 bits per heavy atom.